The maximum absolute atomic E-state index is 12.6. The van der Waals surface area contributed by atoms with Crippen LogP contribution in [0.5, 0.6) is 0 Å². The van der Waals surface area contributed by atoms with Crippen LogP contribution in [-0.2, 0) is 9.59 Å². The molecule has 2 amide bonds. The summed E-state index contributed by atoms with van der Waals surface area (Å²) >= 11 is 11.9. The number of carboxylic acid groups (broad SMARTS) is 1. The van der Waals surface area contributed by atoms with Gasteiger partial charge in [0.1, 0.15) is 6.04 Å². The highest BCUT2D eigenvalue weighted by Gasteiger charge is 2.35. The van der Waals surface area contributed by atoms with Gasteiger partial charge in [0.25, 0.3) is 5.91 Å². The van der Waals surface area contributed by atoms with Crippen LogP contribution in [0.3, 0.4) is 0 Å². The van der Waals surface area contributed by atoms with E-state index >= 15 is 0 Å². The van der Waals surface area contributed by atoms with E-state index in [1.54, 1.807) is 6.07 Å². The summed E-state index contributed by atoms with van der Waals surface area (Å²) in [5.74, 6) is -1.70. The van der Waals surface area contributed by atoms with E-state index in [0.29, 0.717) is 24.4 Å². The van der Waals surface area contributed by atoms with Crippen LogP contribution < -0.4 is 5.32 Å². The highest BCUT2D eigenvalue weighted by molar-refractivity contribution is 6.35. The number of amides is 2. The summed E-state index contributed by atoms with van der Waals surface area (Å²) in [6.07, 6.45) is 1.07. The molecule has 2 N–H and O–H groups in total. The molecule has 2 rings (SSSR count). The fourth-order valence-corrected chi connectivity index (χ4v) is 2.88. The van der Waals surface area contributed by atoms with Gasteiger partial charge >= 0.3 is 5.97 Å². The minimum absolute atomic E-state index is 0.0324. The van der Waals surface area contributed by atoms with Crippen LogP contribution in [0.4, 0.5) is 0 Å². The van der Waals surface area contributed by atoms with Crippen molar-refractivity contribution in [3.63, 3.8) is 0 Å². The molecule has 1 heterocycles. The Kier molecular flexibility index (Phi) is 5.85. The third-order valence-corrected chi connectivity index (χ3v) is 4.18. The second kappa shape index (κ2) is 7.66. The van der Waals surface area contributed by atoms with Crippen molar-refractivity contribution in [1.29, 1.82) is 0 Å². The summed E-state index contributed by atoms with van der Waals surface area (Å²) in [6, 6.07) is 3.98. The molecule has 6 nitrogen and oxygen atoms in total. The fraction of sp³-hybridized carbons (Fsp3) is 0.400. The summed E-state index contributed by atoms with van der Waals surface area (Å²) in [6.45, 7) is 0.476. The molecule has 124 valence electrons. The summed E-state index contributed by atoms with van der Waals surface area (Å²) in [5, 5.41) is 11.8. The van der Waals surface area contributed by atoms with Gasteiger partial charge in [-0.2, -0.15) is 0 Å². The maximum atomic E-state index is 12.6. The van der Waals surface area contributed by atoms with Gasteiger partial charge in [0.2, 0.25) is 5.91 Å². The first-order valence-electron chi connectivity index (χ1n) is 7.15. The Hall–Kier alpha value is -1.79. The summed E-state index contributed by atoms with van der Waals surface area (Å²) in [5.41, 5.74) is 0.254. The van der Waals surface area contributed by atoms with E-state index in [0.717, 1.165) is 0 Å². The number of carbonyl (C=O) groups is 3. The first-order valence-corrected chi connectivity index (χ1v) is 7.91. The average Bonchev–Trinajstić information content (AvgIpc) is 2.98. The number of hydrogen-bond donors (Lipinski definition) is 2. The standard InChI is InChI=1S/C15H16Cl2N2O4/c16-9-3-4-11(17)10(8-9)15(23)19-7-1-2-12(19)14(22)18-6-5-13(20)21/h3-4,8,12H,1-2,5-7H2,(H,18,22)(H,20,21). The monoisotopic (exact) mass is 358 g/mol. The smallest absolute Gasteiger partial charge is 0.305 e. The van der Waals surface area contributed by atoms with Gasteiger partial charge in [-0.15, -0.1) is 0 Å². The van der Waals surface area contributed by atoms with Gasteiger partial charge in [0.05, 0.1) is 17.0 Å². The van der Waals surface area contributed by atoms with E-state index in [-0.39, 0.29) is 35.4 Å². The van der Waals surface area contributed by atoms with Gasteiger partial charge in [-0.05, 0) is 31.0 Å². The van der Waals surface area contributed by atoms with Crippen LogP contribution in [-0.4, -0.2) is 46.9 Å². The predicted octanol–water partition coefficient (Wildman–Crippen LogP) is 2.19. The zero-order chi connectivity index (χ0) is 17.0. The van der Waals surface area contributed by atoms with Crippen LogP contribution in [0.25, 0.3) is 0 Å². The number of likely N-dealkylation sites (tertiary alicyclic amines) is 1. The molecule has 8 heteroatoms. The van der Waals surface area contributed by atoms with E-state index in [9.17, 15) is 14.4 Å². The van der Waals surface area contributed by atoms with Crippen molar-refractivity contribution >= 4 is 41.0 Å². The zero-order valence-corrected chi connectivity index (χ0v) is 13.7. The number of nitrogens with zero attached hydrogens (tertiary/aromatic N) is 1. The summed E-state index contributed by atoms with van der Waals surface area (Å²) in [4.78, 5) is 36.7. The molecule has 1 saturated heterocycles. The average molecular weight is 359 g/mol. The SMILES string of the molecule is O=C(O)CCNC(=O)C1CCCN1C(=O)c1cc(Cl)ccc1Cl. The van der Waals surface area contributed by atoms with Gasteiger partial charge in [-0.25, -0.2) is 0 Å². The van der Waals surface area contributed by atoms with Crippen LogP contribution >= 0.6 is 23.2 Å². The van der Waals surface area contributed by atoms with Crippen molar-refractivity contribution in [3.8, 4) is 0 Å². The zero-order valence-electron chi connectivity index (χ0n) is 12.2. The Morgan fingerprint density at radius 2 is 2.04 bits per heavy atom. The quantitative estimate of drug-likeness (QED) is 0.844. The van der Waals surface area contributed by atoms with Crippen LogP contribution in [0, 0.1) is 0 Å². The van der Waals surface area contributed by atoms with Gasteiger partial charge < -0.3 is 15.3 Å². The first kappa shape index (κ1) is 17.6. The molecule has 1 aliphatic heterocycles. The number of rotatable bonds is 5. The first-order chi connectivity index (χ1) is 10.9. The third-order valence-electron chi connectivity index (χ3n) is 3.61. The van der Waals surface area contributed by atoms with Gasteiger partial charge in [-0.1, -0.05) is 23.2 Å². The second-order valence-corrected chi connectivity index (χ2v) is 6.06. The lowest BCUT2D eigenvalue weighted by atomic mass is 10.1. The number of aliphatic carboxylic acids is 1. The normalized spacial score (nSPS) is 17.1. The summed E-state index contributed by atoms with van der Waals surface area (Å²) < 4.78 is 0. The van der Waals surface area contributed by atoms with E-state index < -0.39 is 12.0 Å². The van der Waals surface area contributed by atoms with E-state index in [4.69, 9.17) is 28.3 Å². The van der Waals surface area contributed by atoms with Crippen LogP contribution in [0.2, 0.25) is 10.0 Å². The lowest BCUT2D eigenvalue weighted by molar-refractivity contribution is -0.137. The Labute approximate surface area is 143 Å². The minimum Gasteiger partial charge on any atom is -0.481 e. The molecule has 1 aromatic carbocycles. The van der Waals surface area contributed by atoms with Crippen molar-refractivity contribution in [3.05, 3.63) is 33.8 Å². The molecule has 0 saturated carbocycles. The van der Waals surface area contributed by atoms with E-state index in [1.807, 2.05) is 0 Å². The number of carbonyl (C=O) groups excluding carboxylic acids is 2. The molecule has 0 bridgehead atoms. The van der Waals surface area contributed by atoms with E-state index in [2.05, 4.69) is 5.32 Å². The Morgan fingerprint density at radius 1 is 1.30 bits per heavy atom. The lowest BCUT2D eigenvalue weighted by Crippen LogP contribution is -2.46. The molecule has 1 aliphatic rings. The maximum Gasteiger partial charge on any atom is 0.305 e. The number of benzene rings is 1. The predicted molar refractivity (Wildman–Crippen MR) is 85.8 cm³/mol. The molecule has 1 unspecified atom stereocenters. The van der Waals surface area contributed by atoms with Crippen LogP contribution in [0.1, 0.15) is 29.6 Å². The molecule has 0 aromatic heterocycles. The van der Waals surface area contributed by atoms with Gasteiger partial charge in [0.15, 0.2) is 0 Å². The molecule has 1 fully saturated rings. The molecule has 0 aliphatic carbocycles. The van der Waals surface area contributed by atoms with Gasteiger partial charge in [-0.3, -0.25) is 14.4 Å². The Balaban J connectivity index is 2.08. The molecule has 23 heavy (non-hydrogen) atoms. The number of halogens is 2. The molecule has 0 radical (unpaired) electrons. The van der Waals surface area contributed by atoms with Crippen molar-refractivity contribution in [2.75, 3.05) is 13.1 Å². The highest BCUT2D eigenvalue weighted by Crippen LogP contribution is 2.26. The van der Waals surface area contributed by atoms with Crippen molar-refractivity contribution in [2.45, 2.75) is 25.3 Å². The second-order valence-electron chi connectivity index (χ2n) is 5.22. The van der Waals surface area contributed by atoms with E-state index in [1.165, 1.54) is 17.0 Å². The van der Waals surface area contributed by atoms with Crippen LogP contribution in [0.15, 0.2) is 18.2 Å². The third kappa shape index (κ3) is 4.36. The highest BCUT2D eigenvalue weighted by atomic mass is 35.5. The number of nitrogens with one attached hydrogen (secondary N) is 1. The largest absolute Gasteiger partial charge is 0.481 e. The Morgan fingerprint density at radius 3 is 2.74 bits per heavy atom. The molecule has 0 spiro atoms. The lowest BCUT2D eigenvalue weighted by Gasteiger charge is -2.24. The fourth-order valence-electron chi connectivity index (χ4n) is 2.51. The minimum atomic E-state index is -0.990. The van der Waals surface area contributed by atoms with Crippen molar-refractivity contribution in [1.82, 2.24) is 10.2 Å². The number of carboxylic acids is 1. The summed E-state index contributed by atoms with van der Waals surface area (Å²) in [7, 11) is 0. The topological polar surface area (TPSA) is 86.7 Å². The Bertz CT molecular complexity index is 636. The molecular formula is C15H16Cl2N2O4. The molecule has 1 atom stereocenters. The number of hydrogen-bond acceptors (Lipinski definition) is 3. The molecular weight excluding hydrogens is 343 g/mol. The van der Waals surface area contributed by atoms with Crippen molar-refractivity contribution in [2.24, 2.45) is 0 Å². The molecule has 1 aromatic rings. The van der Waals surface area contributed by atoms with Gasteiger partial charge in [0, 0.05) is 18.1 Å². The van der Waals surface area contributed by atoms with Crippen molar-refractivity contribution < 1.29 is 19.5 Å².